The molecule has 1 aliphatic carbocycles. The van der Waals surface area contributed by atoms with Gasteiger partial charge in [-0.25, -0.2) is 9.63 Å². The molecule has 0 spiro atoms. The Morgan fingerprint density at radius 1 is 0.953 bits per heavy atom. The van der Waals surface area contributed by atoms with Gasteiger partial charge in [-0.05, 0) is 41.5 Å². The highest BCUT2D eigenvalue weighted by Crippen LogP contribution is 2.44. The molecule has 2 aliphatic rings. The second-order valence-corrected chi connectivity index (χ2v) is 10.4. The number of benzene rings is 3. The zero-order chi connectivity index (χ0) is 30.2. The van der Waals surface area contributed by atoms with E-state index in [1.54, 1.807) is 12.1 Å². The van der Waals surface area contributed by atoms with Gasteiger partial charge in [0.2, 0.25) is 0 Å². The normalized spacial score (nSPS) is 15.7. The van der Waals surface area contributed by atoms with Crippen molar-refractivity contribution in [1.29, 1.82) is 0 Å². The van der Waals surface area contributed by atoms with E-state index < -0.39 is 18.4 Å². The lowest BCUT2D eigenvalue weighted by atomic mass is 9.98. The summed E-state index contributed by atoms with van der Waals surface area (Å²) in [5.41, 5.74) is 5.06. The molecule has 3 aromatic carbocycles. The van der Waals surface area contributed by atoms with Gasteiger partial charge in [-0.3, -0.25) is 4.79 Å². The summed E-state index contributed by atoms with van der Waals surface area (Å²) < 4.78 is 28.7. The predicted octanol–water partition coefficient (Wildman–Crippen LogP) is 6.16. The average molecular weight is 592 g/mol. The largest absolute Gasteiger partial charge is 0.496 e. The molecule has 1 amide bonds. The van der Waals surface area contributed by atoms with Crippen LogP contribution >= 0.6 is 0 Å². The minimum absolute atomic E-state index is 0.00201. The lowest BCUT2D eigenvalue weighted by molar-refractivity contribution is -0.276. The number of hydroxylamine groups is 2. The van der Waals surface area contributed by atoms with Crippen molar-refractivity contribution in [1.82, 2.24) is 5.06 Å². The molecule has 1 unspecified atom stereocenters. The van der Waals surface area contributed by atoms with Crippen molar-refractivity contribution >= 4 is 12.1 Å². The summed E-state index contributed by atoms with van der Waals surface area (Å²) in [6, 6.07) is 19.7. The molecule has 5 rings (SSSR count). The van der Waals surface area contributed by atoms with E-state index in [1.807, 2.05) is 24.3 Å². The van der Waals surface area contributed by atoms with E-state index in [2.05, 4.69) is 24.3 Å². The number of fused-ring (bicyclic) bond motifs is 3. The third-order valence-corrected chi connectivity index (χ3v) is 7.61. The zero-order valence-corrected chi connectivity index (χ0v) is 24.5. The first kappa shape index (κ1) is 30.2. The van der Waals surface area contributed by atoms with E-state index in [-0.39, 0.29) is 32.1 Å². The Morgan fingerprint density at radius 3 is 2.19 bits per heavy atom. The van der Waals surface area contributed by atoms with E-state index in [0.29, 0.717) is 42.3 Å². The number of ether oxygens (including phenoxy) is 5. The fourth-order valence-electron chi connectivity index (χ4n) is 5.50. The quantitative estimate of drug-likeness (QED) is 0.185. The van der Waals surface area contributed by atoms with Gasteiger partial charge in [0.1, 0.15) is 23.9 Å². The van der Waals surface area contributed by atoms with Crippen LogP contribution in [0.25, 0.3) is 11.1 Å². The molecule has 1 atom stereocenters. The van der Waals surface area contributed by atoms with Crippen LogP contribution < -0.4 is 14.2 Å². The van der Waals surface area contributed by atoms with Gasteiger partial charge in [-0.2, -0.15) is 5.06 Å². The SMILES string of the molecule is COc1cc(OCCCC(=O)O)cc(OC)c1CN(OC1CCCCO1)C(=O)OCC1c2ccccc2-c2ccccc21. The molecule has 1 saturated heterocycles. The maximum atomic E-state index is 13.7. The second-order valence-electron chi connectivity index (χ2n) is 10.4. The lowest BCUT2D eigenvalue weighted by Gasteiger charge is -2.30. The van der Waals surface area contributed by atoms with E-state index >= 15 is 0 Å². The van der Waals surface area contributed by atoms with Gasteiger partial charge in [-0.15, -0.1) is 0 Å². The number of hydrogen-bond donors (Lipinski definition) is 1. The van der Waals surface area contributed by atoms with Gasteiger partial charge in [0.25, 0.3) is 0 Å². The van der Waals surface area contributed by atoms with E-state index in [0.717, 1.165) is 40.2 Å². The number of hydrogen-bond acceptors (Lipinski definition) is 8. The minimum Gasteiger partial charge on any atom is -0.496 e. The zero-order valence-electron chi connectivity index (χ0n) is 24.5. The van der Waals surface area contributed by atoms with Gasteiger partial charge < -0.3 is 28.8 Å². The molecule has 0 saturated carbocycles. The minimum atomic E-state index is -0.885. The van der Waals surface area contributed by atoms with Crippen molar-refractivity contribution in [2.45, 2.75) is 50.9 Å². The number of aliphatic carboxylic acids is 1. The molecule has 3 aromatic rings. The van der Waals surface area contributed by atoms with Crippen LogP contribution in [0.5, 0.6) is 17.2 Å². The molecule has 10 nitrogen and oxygen atoms in total. The van der Waals surface area contributed by atoms with Gasteiger partial charge in [0.15, 0.2) is 6.29 Å². The average Bonchev–Trinajstić information content (AvgIpc) is 3.35. The molecule has 1 heterocycles. The topological polar surface area (TPSA) is 113 Å². The van der Waals surface area contributed by atoms with Crippen LogP contribution in [0.4, 0.5) is 4.79 Å². The Labute approximate surface area is 251 Å². The number of methoxy groups -OCH3 is 2. The third kappa shape index (κ3) is 7.21. The molecule has 0 aromatic heterocycles. The first-order chi connectivity index (χ1) is 21.0. The number of nitrogens with zero attached hydrogens (tertiary/aromatic N) is 1. The summed E-state index contributed by atoms with van der Waals surface area (Å²) in [4.78, 5) is 30.6. The van der Waals surface area contributed by atoms with Gasteiger partial charge >= 0.3 is 12.1 Å². The van der Waals surface area contributed by atoms with Crippen LogP contribution in [0.3, 0.4) is 0 Å². The summed E-state index contributed by atoms with van der Waals surface area (Å²) in [7, 11) is 3.02. The fourth-order valence-corrected chi connectivity index (χ4v) is 5.50. The van der Waals surface area contributed by atoms with Crippen LogP contribution in [-0.4, -0.2) is 62.6 Å². The van der Waals surface area contributed by atoms with Crippen molar-refractivity contribution in [3.63, 3.8) is 0 Å². The highest BCUT2D eigenvalue weighted by atomic mass is 16.8. The Balaban J connectivity index is 1.35. The van der Waals surface area contributed by atoms with E-state index in [1.165, 1.54) is 14.2 Å². The summed E-state index contributed by atoms with van der Waals surface area (Å²) in [6.07, 6.45) is 1.60. The number of rotatable bonds is 13. The fraction of sp³-hybridized carbons (Fsp3) is 0.394. The lowest BCUT2D eigenvalue weighted by Crippen LogP contribution is -2.38. The summed E-state index contributed by atoms with van der Waals surface area (Å²) >= 11 is 0. The maximum absolute atomic E-state index is 13.7. The first-order valence-corrected chi connectivity index (χ1v) is 14.5. The molecular weight excluding hydrogens is 554 g/mol. The van der Waals surface area contributed by atoms with Crippen LogP contribution in [0.2, 0.25) is 0 Å². The Hall–Kier alpha value is -4.28. The highest BCUT2D eigenvalue weighted by Gasteiger charge is 2.32. The first-order valence-electron chi connectivity index (χ1n) is 14.5. The van der Waals surface area contributed by atoms with Crippen molar-refractivity contribution in [2.75, 3.05) is 34.0 Å². The number of amides is 1. The molecule has 228 valence electrons. The molecule has 1 aliphatic heterocycles. The van der Waals surface area contributed by atoms with Gasteiger partial charge in [-0.1, -0.05) is 48.5 Å². The number of carbonyl (C=O) groups excluding carboxylic acids is 1. The summed E-state index contributed by atoms with van der Waals surface area (Å²) in [5, 5.41) is 10.0. The van der Waals surface area contributed by atoms with Crippen molar-refractivity contribution in [3.05, 3.63) is 77.4 Å². The van der Waals surface area contributed by atoms with Gasteiger partial charge in [0.05, 0.1) is 32.9 Å². The van der Waals surface area contributed by atoms with Crippen LogP contribution in [0, 0.1) is 0 Å². The van der Waals surface area contributed by atoms with Crippen LogP contribution in [-0.2, 0) is 25.7 Å². The number of carboxylic acid groups (broad SMARTS) is 1. The molecular formula is C33H37NO9. The van der Waals surface area contributed by atoms with Crippen LogP contribution in [0.15, 0.2) is 60.7 Å². The predicted molar refractivity (Wildman–Crippen MR) is 157 cm³/mol. The number of carboxylic acids is 1. The molecule has 1 N–H and O–H groups in total. The summed E-state index contributed by atoms with van der Waals surface area (Å²) in [6.45, 7) is 0.855. The van der Waals surface area contributed by atoms with E-state index in [4.69, 9.17) is 33.6 Å². The highest BCUT2D eigenvalue weighted by molar-refractivity contribution is 5.79. The van der Waals surface area contributed by atoms with Crippen LogP contribution in [0.1, 0.15) is 54.7 Å². The molecule has 0 bridgehead atoms. The van der Waals surface area contributed by atoms with Gasteiger partial charge in [0, 0.05) is 37.5 Å². The Bertz CT molecular complexity index is 1350. The second kappa shape index (κ2) is 14.3. The maximum Gasteiger partial charge on any atom is 0.434 e. The number of carbonyl (C=O) groups is 2. The van der Waals surface area contributed by atoms with Crippen molar-refractivity contribution in [3.8, 4) is 28.4 Å². The monoisotopic (exact) mass is 591 g/mol. The molecule has 10 heteroatoms. The third-order valence-electron chi connectivity index (χ3n) is 7.61. The van der Waals surface area contributed by atoms with Crippen molar-refractivity contribution < 1.29 is 43.2 Å². The molecule has 43 heavy (non-hydrogen) atoms. The smallest absolute Gasteiger partial charge is 0.434 e. The Morgan fingerprint density at radius 2 is 1.60 bits per heavy atom. The van der Waals surface area contributed by atoms with Crippen molar-refractivity contribution in [2.24, 2.45) is 0 Å². The van der Waals surface area contributed by atoms with E-state index in [9.17, 15) is 9.59 Å². The molecule has 1 fully saturated rings. The standard InChI is InChI=1S/C33H37NO9/c1-38-29-18-22(40-17-9-14-31(35)36)19-30(39-2)27(29)20-34(43-32-15-7-8-16-41-32)33(37)42-21-28-25-12-5-3-10-23(25)24-11-4-6-13-26(24)28/h3-6,10-13,18-19,28,32H,7-9,14-17,20-21H2,1-2H3,(H,35,36). The molecule has 0 radical (unpaired) electrons. The summed E-state index contributed by atoms with van der Waals surface area (Å²) in [5.74, 6) is 0.289. The Kier molecular flexibility index (Phi) is 10.0.